The number of anilines is 1. The number of aromatic nitrogens is 3. The van der Waals surface area contributed by atoms with Crippen LogP contribution in [0, 0.1) is 0 Å². The van der Waals surface area contributed by atoms with Crippen molar-refractivity contribution in [1.29, 1.82) is 0 Å². The van der Waals surface area contributed by atoms with E-state index >= 15 is 0 Å². The molecule has 0 bridgehead atoms. The minimum absolute atomic E-state index is 0.205. The van der Waals surface area contributed by atoms with E-state index in [4.69, 9.17) is 9.47 Å². The van der Waals surface area contributed by atoms with Crippen molar-refractivity contribution in [2.45, 2.75) is 13.5 Å². The van der Waals surface area contributed by atoms with Crippen LogP contribution in [0.5, 0.6) is 11.5 Å². The van der Waals surface area contributed by atoms with Crippen molar-refractivity contribution < 1.29 is 14.3 Å². The first-order valence-corrected chi connectivity index (χ1v) is 10.3. The Morgan fingerprint density at radius 3 is 2.52 bits per heavy atom. The van der Waals surface area contributed by atoms with Crippen molar-refractivity contribution in [3.8, 4) is 17.2 Å². The second-order valence-electron chi connectivity index (χ2n) is 7.06. The van der Waals surface area contributed by atoms with E-state index in [1.54, 1.807) is 67.8 Å². The van der Waals surface area contributed by atoms with Crippen molar-refractivity contribution in [3.63, 3.8) is 0 Å². The fourth-order valence-electron chi connectivity index (χ4n) is 3.47. The number of carbonyl (C=O) groups excluding carboxylic acids is 1. The molecule has 0 saturated carbocycles. The number of hydrogen-bond donors (Lipinski definition) is 1. The zero-order valence-electron chi connectivity index (χ0n) is 18.1. The van der Waals surface area contributed by atoms with Gasteiger partial charge in [-0.1, -0.05) is 12.1 Å². The molecule has 0 aliphatic heterocycles. The third-order valence-corrected chi connectivity index (χ3v) is 4.99. The smallest absolute Gasteiger partial charge is 0.337 e. The number of rotatable bonds is 7. The Morgan fingerprint density at radius 1 is 1.03 bits per heavy atom. The Morgan fingerprint density at radius 2 is 1.79 bits per heavy atom. The largest absolute Gasteiger partial charge is 0.497 e. The third kappa shape index (κ3) is 4.33. The lowest BCUT2D eigenvalue weighted by Crippen LogP contribution is -2.42. The molecule has 4 aromatic rings. The maximum absolute atomic E-state index is 13.4. The summed E-state index contributed by atoms with van der Waals surface area (Å²) in [6.07, 6.45) is 1.50. The van der Waals surface area contributed by atoms with Crippen molar-refractivity contribution in [3.05, 3.63) is 87.7 Å². The predicted octanol–water partition coefficient (Wildman–Crippen LogP) is 2.59. The van der Waals surface area contributed by atoms with Crippen molar-refractivity contribution in [1.82, 2.24) is 14.1 Å². The van der Waals surface area contributed by atoms with Gasteiger partial charge in [0.1, 0.15) is 18.0 Å². The molecule has 0 spiro atoms. The molecule has 4 rings (SSSR count). The molecular formula is C24H22N4O5. The van der Waals surface area contributed by atoms with Crippen molar-refractivity contribution in [2.75, 3.05) is 19.0 Å². The van der Waals surface area contributed by atoms with E-state index in [-0.39, 0.29) is 11.0 Å². The van der Waals surface area contributed by atoms with Crippen LogP contribution in [-0.4, -0.2) is 33.7 Å². The second kappa shape index (κ2) is 9.39. The number of benzene rings is 2. The summed E-state index contributed by atoms with van der Waals surface area (Å²) < 4.78 is 12.9. The number of pyridine rings is 1. The maximum atomic E-state index is 13.4. The van der Waals surface area contributed by atoms with Gasteiger partial charge in [-0.15, -0.1) is 0 Å². The third-order valence-electron chi connectivity index (χ3n) is 4.99. The standard InChI is InChI=1S/C24H22N4O5/c1-3-33-20-9-5-4-8-19(20)26-21(29)15-27-23(30)18-7-6-14-25-22(18)28(24(27)31)16-10-12-17(32-2)13-11-16/h4-14H,3,15H2,1-2H3,(H,26,29). The van der Waals surface area contributed by atoms with Gasteiger partial charge in [-0.2, -0.15) is 0 Å². The van der Waals surface area contributed by atoms with Gasteiger partial charge in [0.2, 0.25) is 5.91 Å². The molecule has 1 N–H and O–H groups in total. The first kappa shape index (κ1) is 21.8. The van der Waals surface area contributed by atoms with E-state index in [2.05, 4.69) is 10.3 Å². The van der Waals surface area contributed by atoms with Gasteiger partial charge in [0.15, 0.2) is 5.65 Å². The quantitative estimate of drug-likeness (QED) is 0.468. The van der Waals surface area contributed by atoms with Crippen LogP contribution in [0.15, 0.2) is 76.4 Å². The number of methoxy groups -OCH3 is 1. The van der Waals surface area contributed by atoms with Gasteiger partial charge in [-0.3, -0.25) is 9.59 Å². The molecule has 2 aromatic carbocycles. The Balaban J connectivity index is 1.78. The van der Waals surface area contributed by atoms with E-state index in [9.17, 15) is 14.4 Å². The molecule has 9 nitrogen and oxygen atoms in total. The molecule has 0 aliphatic carbocycles. The number of fused-ring (bicyclic) bond motifs is 1. The van der Waals surface area contributed by atoms with Gasteiger partial charge < -0.3 is 14.8 Å². The SMILES string of the molecule is CCOc1ccccc1NC(=O)Cn1c(=O)c2cccnc2n(-c2ccc(OC)cc2)c1=O. The Labute approximate surface area is 188 Å². The Bertz CT molecular complexity index is 1420. The van der Waals surface area contributed by atoms with Crippen LogP contribution >= 0.6 is 0 Å². The van der Waals surface area contributed by atoms with Crippen LogP contribution in [0.1, 0.15) is 6.92 Å². The Kier molecular flexibility index (Phi) is 6.21. The molecule has 1 amide bonds. The fourth-order valence-corrected chi connectivity index (χ4v) is 3.47. The maximum Gasteiger partial charge on any atom is 0.337 e. The molecule has 33 heavy (non-hydrogen) atoms. The number of para-hydroxylation sites is 2. The van der Waals surface area contributed by atoms with E-state index in [0.717, 1.165) is 4.57 Å². The van der Waals surface area contributed by atoms with E-state index < -0.39 is 23.7 Å². The lowest BCUT2D eigenvalue weighted by molar-refractivity contribution is -0.116. The van der Waals surface area contributed by atoms with Crippen LogP contribution in [0.2, 0.25) is 0 Å². The highest BCUT2D eigenvalue weighted by atomic mass is 16.5. The summed E-state index contributed by atoms with van der Waals surface area (Å²) >= 11 is 0. The fraction of sp³-hybridized carbons (Fsp3) is 0.167. The molecule has 168 valence electrons. The molecule has 2 heterocycles. The molecule has 0 unspecified atom stereocenters. The minimum Gasteiger partial charge on any atom is -0.497 e. The average molecular weight is 446 g/mol. The van der Waals surface area contributed by atoms with Crippen LogP contribution in [0.4, 0.5) is 5.69 Å². The Hall–Kier alpha value is -4.40. The number of hydrogen-bond acceptors (Lipinski definition) is 6. The first-order chi connectivity index (χ1) is 16.0. The number of nitrogens with zero attached hydrogens (tertiary/aromatic N) is 3. The summed E-state index contributed by atoms with van der Waals surface area (Å²) in [7, 11) is 1.54. The van der Waals surface area contributed by atoms with Crippen LogP contribution in [0.25, 0.3) is 16.7 Å². The van der Waals surface area contributed by atoms with Gasteiger partial charge in [0, 0.05) is 6.20 Å². The van der Waals surface area contributed by atoms with Gasteiger partial charge in [-0.25, -0.2) is 18.9 Å². The predicted molar refractivity (Wildman–Crippen MR) is 124 cm³/mol. The van der Waals surface area contributed by atoms with Crippen molar-refractivity contribution in [2.24, 2.45) is 0 Å². The normalized spacial score (nSPS) is 10.7. The van der Waals surface area contributed by atoms with E-state index in [1.807, 2.05) is 6.92 Å². The molecule has 2 aromatic heterocycles. The summed E-state index contributed by atoms with van der Waals surface area (Å²) in [6, 6.07) is 16.9. The van der Waals surface area contributed by atoms with Gasteiger partial charge in [0.25, 0.3) is 5.56 Å². The number of ether oxygens (including phenoxy) is 2. The number of amides is 1. The van der Waals surface area contributed by atoms with Gasteiger partial charge in [0.05, 0.1) is 30.5 Å². The molecule has 9 heteroatoms. The topological polar surface area (TPSA) is 104 Å². The van der Waals surface area contributed by atoms with Gasteiger partial charge >= 0.3 is 5.69 Å². The first-order valence-electron chi connectivity index (χ1n) is 10.3. The monoisotopic (exact) mass is 446 g/mol. The van der Waals surface area contributed by atoms with Crippen LogP contribution in [-0.2, 0) is 11.3 Å². The summed E-state index contributed by atoms with van der Waals surface area (Å²) in [5.74, 6) is 0.578. The van der Waals surface area contributed by atoms with Gasteiger partial charge in [-0.05, 0) is 55.5 Å². The average Bonchev–Trinajstić information content (AvgIpc) is 2.84. The van der Waals surface area contributed by atoms with E-state index in [0.29, 0.717) is 29.5 Å². The molecule has 0 radical (unpaired) electrons. The summed E-state index contributed by atoms with van der Waals surface area (Å²) in [4.78, 5) is 43.5. The highest BCUT2D eigenvalue weighted by Gasteiger charge is 2.18. The highest BCUT2D eigenvalue weighted by Crippen LogP contribution is 2.23. The lowest BCUT2D eigenvalue weighted by Gasteiger charge is -2.14. The summed E-state index contributed by atoms with van der Waals surface area (Å²) in [5.41, 5.74) is -0.127. The molecule has 0 aliphatic rings. The lowest BCUT2D eigenvalue weighted by atomic mass is 10.2. The highest BCUT2D eigenvalue weighted by molar-refractivity contribution is 5.92. The minimum atomic E-state index is -0.676. The molecule has 0 saturated heterocycles. The number of nitrogens with one attached hydrogen (secondary N) is 1. The van der Waals surface area contributed by atoms with Crippen LogP contribution < -0.4 is 26.0 Å². The molecular weight excluding hydrogens is 424 g/mol. The zero-order valence-corrected chi connectivity index (χ0v) is 18.1. The molecule has 0 atom stereocenters. The summed E-state index contributed by atoms with van der Waals surface area (Å²) in [6.45, 7) is 1.79. The van der Waals surface area contributed by atoms with E-state index in [1.165, 1.54) is 10.8 Å². The molecule has 0 fully saturated rings. The second-order valence-corrected chi connectivity index (χ2v) is 7.06. The number of carbonyl (C=O) groups is 1. The van der Waals surface area contributed by atoms with Crippen molar-refractivity contribution >= 4 is 22.6 Å². The summed E-state index contributed by atoms with van der Waals surface area (Å²) in [5, 5.41) is 2.93. The zero-order chi connectivity index (χ0) is 23.4. The van der Waals surface area contributed by atoms with Crippen LogP contribution in [0.3, 0.4) is 0 Å².